The summed E-state index contributed by atoms with van der Waals surface area (Å²) in [6.07, 6.45) is 8.10. The van der Waals surface area contributed by atoms with Gasteiger partial charge in [-0.1, -0.05) is 30.9 Å². The van der Waals surface area contributed by atoms with Crippen LogP contribution in [-0.2, 0) is 9.53 Å². The van der Waals surface area contributed by atoms with Gasteiger partial charge in [-0.15, -0.1) is 26.3 Å². The fourth-order valence-electron chi connectivity index (χ4n) is 0.117. The molecule has 0 aromatic rings. The largest absolute Gasteiger partial charge is 0.435 e. The second kappa shape index (κ2) is 59.2. The first-order valence-electron chi connectivity index (χ1n) is 5.49. The van der Waals surface area contributed by atoms with Crippen LogP contribution in [0.4, 0.5) is 0 Å². The van der Waals surface area contributed by atoms with E-state index in [4.69, 9.17) is 0 Å². The Balaban J connectivity index is -0.0000000412. The molecular formula is C16H30O2. The third kappa shape index (κ3) is 1800. The molecule has 0 rings (SSSR count). The molecule has 0 unspecified atom stereocenters. The number of carbonyl (C=O) groups excluding carboxylic acids is 1. The van der Waals surface area contributed by atoms with Crippen LogP contribution in [0.1, 0.15) is 34.6 Å². The minimum Gasteiger partial charge on any atom is -0.435 e. The van der Waals surface area contributed by atoms with Crippen LogP contribution >= 0.6 is 0 Å². The fourth-order valence-corrected chi connectivity index (χ4v) is 0.117. The number of allylic oxidation sites excluding steroid dienone is 4. The molecule has 0 spiro atoms. The van der Waals surface area contributed by atoms with E-state index in [1.807, 2.05) is 27.7 Å². The predicted octanol–water partition coefficient (Wildman–Crippen LogP) is 5.46. The smallest absolute Gasteiger partial charge is 0.307 e. The Morgan fingerprint density at radius 3 is 0.944 bits per heavy atom. The van der Waals surface area contributed by atoms with Crippen molar-refractivity contribution in [2.45, 2.75) is 34.6 Å². The Labute approximate surface area is 114 Å². The van der Waals surface area contributed by atoms with E-state index in [1.54, 1.807) is 24.3 Å². The van der Waals surface area contributed by atoms with Crippen LogP contribution in [0.2, 0.25) is 0 Å². The zero-order valence-corrected chi connectivity index (χ0v) is 12.7. The lowest BCUT2D eigenvalue weighted by molar-refractivity contribution is -0.135. The van der Waals surface area contributed by atoms with Gasteiger partial charge in [0.15, 0.2) is 0 Å². The molecule has 0 fully saturated rings. The van der Waals surface area contributed by atoms with E-state index in [1.165, 1.54) is 6.92 Å². The molecule has 2 heteroatoms. The van der Waals surface area contributed by atoms with Gasteiger partial charge in [-0.3, -0.25) is 4.79 Å². The van der Waals surface area contributed by atoms with Crippen molar-refractivity contribution >= 4 is 5.97 Å². The molecule has 0 aliphatic rings. The van der Waals surface area contributed by atoms with Crippen LogP contribution < -0.4 is 0 Å². The quantitative estimate of drug-likeness (QED) is 0.353. The highest BCUT2D eigenvalue weighted by Crippen LogP contribution is 1.70. The van der Waals surface area contributed by atoms with Crippen molar-refractivity contribution in [3.05, 3.63) is 63.5 Å². The lowest BCUT2D eigenvalue weighted by Gasteiger charge is -1.83. The van der Waals surface area contributed by atoms with Gasteiger partial charge in [0.1, 0.15) is 0 Å². The number of rotatable bonds is 1. The molecule has 0 atom stereocenters. The van der Waals surface area contributed by atoms with Crippen molar-refractivity contribution in [2.75, 3.05) is 0 Å². The van der Waals surface area contributed by atoms with E-state index < -0.39 is 0 Å². The lowest BCUT2D eigenvalue weighted by Crippen LogP contribution is -1.87. The van der Waals surface area contributed by atoms with Crippen molar-refractivity contribution in [3.8, 4) is 0 Å². The van der Waals surface area contributed by atoms with Crippen LogP contribution in [0, 0.1) is 0 Å². The van der Waals surface area contributed by atoms with Crippen LogP contribution in [0.25, 0.3) is 0 Å². The van der Waals surface area contributed by atoms with Crippen LogP contribution in [-0.4, -0.2) is 5.97 Å². The number of carbonyl (C=O) groups is 1. The van der Waals surface area contributed by atoms with Gasteiger partial charge in [-0.05, 0) is 27.7 Å². The highest BCUT2D eigenvalue weighted by atomic mass is 16.5. The number of hydrogen-bond acceptors (Lipinski definition) is 2. The van der Waals surface area contributed by atoms with Gasteiger partial charge in [0.05, 0.1) is 6.26 Å². The molecule has 0 saturated heterocycles. The van der Waals surface area contributed by atoms with Crippen LogP contribution in [0.5, 0.6) is 0 Å². The molecule has 18 heavy (non-hydrogen) atoms. The van der Waals surface area contributed by atoms with Crippen molar-refractivity contribution in [1.82, 2.24) is 0 Å². The van der Waals surface area contributed by atoms with Crippen molar-refractivity contribution < 1.29 is 9.53 Å². The summed E-state index contributed by atoms with van der Waals surface area (Å²) in [6.45, 7) is 25.5. The zero-order valence-electron chi connectivity index (χ0n) is 12.7. The maximum Gasteiger partial charge on any atom is 0.307 e. The van der Waals surface area contributed by atoms with E-state index in [9.17, 15) is 4.79 Å². The molecule has 0 saturated carbocycles. The highest BCUT2D eigenvalue weighted by Gasteiger charge is 1.79. The van der Waals surface area contributed by atoms with E-state index in [-0.39, 0.29) is 5.97 Å². The fraction of sp³-hybridized carbons (Fsp3) is 0.312. The molecule has 0 aromatic carbocycles. The first kappa shape index (κ1) is 29.8. The van der Waals surface area contributed by atoms with Gasteiger partial charge in [-0.25, -0.2) is 0 Å². The predicted molar refractivity (Wildman–Crippen MR) is 85.4 cm³/mol. The Bertz CT molecular complexity index is 167. The Kier molecular flexibility index (Phi) is 98.2. The second-order valence-corrected chi connectivity index (χ2v) is 2.41. The number of esters is 1. The molecule has 0 bridgehead atoms. The van der Waals surface area contributed by atoms with Gasteiger partial charge in [0.2, 0.25) is 0 Å². The Morgan fingerprint density at radius 1 is 0.778 bits per heavy atom. The van der Waals surface area contributed by atoms with Gasteiger partial charge in [0.25, 0.3) is 0 Å². The van der Waals surface area contributed by atoms with Crippen molar-refractivity contribution in [2.24, 2.45) is 0 Å². The second-order valence-electron chi connectivity index (χ2n) is 2.41. The van der Waals surface area contributed by atoms with Gasteiger partial charge < -0.3 is 4.74 Å². The molecule has 0 amide bonds. The summed E-state index contributed by atoms with van der Waals surface area (Å²) in [5, 5.41) is 0. The maximum atomic E-state index is 9.75. The summed E-state index contributed by atoms with van der Waals surface area (Å²) < 4.78 is 4.17. The first-order valence-corrected chi connectivity index (χ1v) is 5.49. The SMILES string of the molecule is C=CC.C=CC.C=CC.C=CC.C=COC(C)=O. The zero-order chi connectivity index (χ0) is 15.8. The summed E-state index contributed by atoms with van der Waals surface area (Å²) in [4.78, 5) is 9.75. The van der Waals surface area contributed by atoms with Crippen LogP contribution in [0.15, 0.2) is 63.5 Å². The molecule has 0 aliphatic heterocycles. The molecule has 0 N–H and O–H groups in total. The lowest BCUT2D eigenvalue weighted by atomic mass is 10.8. The molecule has 2 nitrogen and oxygen atoms in total. The molecule has 0 radical (unpaired) electrons. The van der Waals surface area contributed by atoms with Crippen molar-refractivity contribution in [3.63, 3.8) is 0 Å². The summed E-state index contributed by atoms with van der Waals surface area (Å²) in [5.41, 5.74) is 0. The normalized spacial score (nSPS) is 5.17. The Hall–Kier alpha value is -1.83. The summed E-state index contributed by atoms with van der Waals surface area (Å²) in [5.74, 6) is -0.329. The minimum absolute atomic E-state index is 0.329. The number of ether oxygens (including phenoxy) is 1. The van der Waals surface area contributed by atoms with Gasteiger partial charge >= 0.3 is 5.97 Å². The third-order valence-corrected chi connectivity index (χ3v) is 0.249. The monoisotopic (exact) mass is 254 g/mol. The molecule has 0 aliphatic carbocycles. The molecule has 0 heterocycles. The van der Waals surface area contributed by atoms with E-state index in [0.717, 1.165) is 6.26 Å². The molecule has 106 valence electrons. The maximum absolute atomic E-state index is 9.75. The topological polar surface area (TPSA) is 26.3 Å². The average Bonchev–Trinajstić information content (AvgIpc) is 2.21. The highest BCUT2D eigenvalue weighted by molar-refractivity contribution is 5.66. The van der Waals surface area contributed by atoms with E-state index in [0.29, 0.717) is 0 Å². The number of hydrogen-bond donors (Lipinski definition) is 0. The molecule has 0 aromatic heterocycles. The standard InChI is InChI=1S/C4H6O2.4C3H6/c1-3-6-4(2)5;4*1-3-2/h3H,1H2,2H3;4*3H,1H2,2H3. The van der Waals surface area contributed by atoms with Crippen LogP contribution in [0.3, 0.4) is 0 Å². The molecular weight excluding hydrogens is 224 g/mol. The summed E-state index contributed by atoms with van der Waals surface area (Å²) in [6, 6.07) is 0. The van der Waals surface area contributed by atoms with E-state index >= 15 is 0 Å². The van der Waals surface area contributed by atoms with Crippen molar-refractivity contribution in [1.29, 1.82) is 0 Å². The average molecular weight is 254 g/mol. The van der Waals surface area contributed by atoms with Gasteiger partial charge in [-0.2, -0.15) is 0 Å². The Morgan fingerprint density at radius 2 is 0.944 bits per heavy atom. The summed E-state index contributed by atoms with van der Waals surface area (Å²) in [7, 11) is 0. The third-order valence-electron chi connectivity index (χ3n) is 0.249. The summed E-state index contributed by atoms with van der Waals surface area (Å²) >= 11 is 0. The van der Waals surface area contributed by atoms with Gasteiger partial charge in [0, 0.05) is 6.92 Å². The minimum atomic E-state index is -0.329. The van der Waals surface area contributed by atoms with E-state index in [2.05, 4.69) is 37.6 Å². The first-order chi connectivity index (χ1) is 8.43.